The molecule has 0 radical (unpaired) electrons. The predicted molar refractivity (Wildman–Crippen MR) is 151 cm³/mol. The molecule has 0 amide bonds. The second-order valence-corrected chi connectivity index (χ2v) is 8.59. The molecule has 0 unspecified atom stereocenters. The molecule has 1 saturated heterocycles. The number of likely N-dealkylation sites (N-methyl/N-ethyl adjacent to an activating group) is 1. The molecule has 2 aromatic heterocycles. The lowest BCUT2D eigenvalue weighted by Crippen LogP contribution is -2.44. The zero-order valence-corrected chi connectivity index (χ0v) is 22.8. The van der Waals surface area contributed by atoms with Crippen molar-refractivity contribution >= 4 is 46.8 Å². The number of rotatable bonds is 8. The van der Waals surface area contributed by atoms with E-state index in [9.17, 15) is 0 Å². The molecule has 8 nitrogen and oxygen atoms in total. The number of halogens is 1. The zero-order valence-electron chi connectivity index (χ0n) is 20.5. The summed E-state index contributed by atoms with van der Waals surface area (Å²) in [5.41, 5.74) is 3.44. The number of hydrogen-bond donors (Lipinski definition) is 2. The first-order valence-corrected chi connectivity index (χ1v) is 12.0. The number of piperazine rings is 1. The third-order valence-corrected chi connectivity index (χ3v) is 6.10. The summed E-state index contributed by atoms with van der Waals surface area (Å²) in [4.78, 5) is 18.8. The molecule has 1 aromatic carbocycles. The summed E-state index contributed by atoms with van der Waals surface area (Å²) < 4.78 is 2.29. The molecule has 9 heteroatoms. The Morgan fingerprint density at radius 3 is 2.68 bits per heavy atom. The SMILES string of the molecule is CCNC(=NCc1ccnc(N2CCN(C)CC2)c1)NCCCn1c(C)nc2ccccc21.I. The van der Waals surface area contributed by atoms with Gasteiger partial charge in [-0.3, -0.25) is 0 Å². The van der Waals surface area contributed by atoms with Crippen molar-refractivity contribution < 1.29 is 0 Å². The Labute approximate surface area is 219 Å². The minimum Gasteiger partial charge on any atom is -0.357 e. The molecule has 1 aliphatic rings. The molecule has 3 aromatic rings. The number of nitrogens with one attached hydrogen (secondary N) is 2. The van der Waals surface area contributed by atoms with E-state index in [1.54, 1.807) is 0 Å². The number of benzene rings is 1. The molecular weight excluding hydrogens is 539 g/mol. The van der Waals surface area contributed by atoms with Gasteiger partial charge < -0.3 is 25.0 Å². The number of nitrogens with zero attached hydrogens (tertiary/aromatic N) is 6. The number of hydrogen-bond acceptors (Lipinski definition) is 5. The number of aryl methyl sites for hydroxylation is 2. The minimum absolute atomic E-state index is 0. The van der Waals surface area contributed by atoms with Gasteiger partial charge in [0.2, 0.25) is 0 Å². The van der Waals surface area contributed by atoms with Gasteiger partial charge in [0.1, 0.15) is 11.6 Å². The Kier molecular flexibility index (Phi) is 9.94. The average molecular weight is 577 g/mol. The molecule has 3 heterocycles. The number of aliphatic imine (C=N–C) groups is 1. The van der Waals surface area contributed by atoms with Crippen LogP contribution in [0, 0.1) is 6.92 Å². The second kappa shape index (κ2) is 12.9. The van der Waals surface area contributed by atoms with Crippen molar-refractivity contribution in [3.05, 3.63) is 54.0 Å². The Morgan fingerprint density at radius 1 is 1.09 bits per heavy atom. The van der Waals surface area contributed by atoms with Crippen LogP contribution in [0.4, 0.5) is 5.82 Å². The van der Waals surface area contributed by atoms with Crippen LogP contribution in [-0.4, -0.2) is 71.7 Å². The molecule has 0 aliphatic carbocycles. The summed E-state index contributed by atoms with van der Waals surface area (Å²) >= 11 is 0. The monoisotopic (exact) mass is 576 g/mol. The lowest BCUT2D eigenvalue weighted by Gasteiger charge is -2.33. The van der Waals surface area contributed by atoms with Crippen molar-refractivity contribution in [2.24, 2.45) is 4.99 Å². The molecule has 4 rings (SSSR count). The highest BCUT2D eigenvalue weighted by atomic mass is 127. The lowest BCUT2D eigenvalue weighted by molar-refractivity contribution is 0.312. The van der Waals surface area contributed by atoms with Gasteiger partial charge in [0.15, 0.2) is 5.96 Å². The molecule has 184 valence electrons. The average Bonchev–Trinajstić information content (AvgIpc) is 3.15. The van der Waals surface area contributed by atoms with Gasteiger partial charge in [-0.1, -0.05) is 12.1 Å². The van der Waals surface area contributed by atoms with Crippen LogP contribution in [0.1, 0.15) is 24.7 Å². The molecule has 0 spiro atoms. The highest BCUT2D eigenvalue weighted by Gasteiger charge is 2.15. The number of fused-ring (bicyclic) bond motifs is 1. The summed E-state index contributed by atoms with van der Waals surface area (Å²) in [6, 6.07) is 12.5. The summed E-state index contributed by atoms with van der Waals surface area (Å²) in [6.45, 7) is 11.6. The fourth-order valence-corrected chi connectivity index (χ4v) is 4.20. The summed E-state index contributed by atoms with van der Waals surface area (Å²) in [5, 5.41) is 6.84. The highest BCUT2D eigenvalue weighted by Crippen LogP contribution is 2.16. The number of imidazole rings is 1. The normalized spacial score (nSPS) is 14.8. The predicted octanol–water partition coefficient (Wildman–Crippen LogP) is 3.25. The first kappa shape index (κ1) is 26.2. The summed E-state index contributed by atoms with van der Waals surface area (Å²) in [7, 11) is 2.17. The van der Waals surface area contributed by atoms with E-state index in [4.69, 9.17) is 4.99 Å². The Balaban J connectivity index is 0.00000324. The standard InChI is InChI=1S/C25H36N8.HI/c1-4-26-25(28-11-7-13-33-20(2)30-22-8-5-6-9-23(22)33)29-19-21-10-12-27-24(18-21)32-16-14-31(3)15-17-32;/h5-6,8-10,12,18H,4,7,11,13-17,19H2,1-3H3,(H2,26,28,29);1H. The number of aromatic nitrogens is 3. The van der Waals surface area contributed by atoms with Gasteiger partial charge >= 0.3 is 0 Å². The van der Waals surface area contributed by atoms with E-state index in [1.807, 2.05) is 12.3 Å². The second-order valence-electron chi connectivity index (χ2n) is 8.59. The van der Waals surface area contributed by atoms with Gasteiger partial charge in [-0.25, -0.2) is 15.0 Å². The van der Waals surface area contributed by atoms with Gasteiger partial charge in [0.05, 0.1) is 17.6 Å². The van der Waals surface area contributed by atoms with Crippen LogP contribution in [0.5, 0.6) is 0 Å². The molecule has 1 aliphatic heterocycles. The molecular formula is C25H37IN8. The molecule has 34 heavy (non-hydrogen) atoms. The van der Waals surface area contributed by atoms with E-state index >= 15 is 0 Å². The van der Waals surface area contributed by atoms with Crippen molar-refractivity contribution in [2.75, 3.05) is 51.2 Å². The van der Waals surface area contributed by atoms with Crippen LogP contribution < -0.4 is 15.5 Å². The Morgan fingerprint density at radius 2 is 1.88 bits per heavy atom. The Bertz CT molecular complexity index is 1070. The number of anilines is 1. The molecule has 1 fully saturated rings. The summed E-state index contributed by atoms with van der Waals surface area (Å²) in [5.74, 6) is 2.96. The molecule has 0 bridgehead atoms. The van der Waals surface area contributed by atoms with Gasteiger partial charge in [0.25, 0.3) is 0 Å². The van der Waals surface area contributed by atoms with E-state index in [0.717, 1.165) is 75.4 Å². The molecule has 2 N–H and O–H groups in total. The van der Waals surface area contributed by atoms with Crippen molar-refractivity contribution in [1.82, 2.24) is 30.1 Å². The zero-order chi connectivity index (χ0) is 23.0. The van der Waals surface area contributed by atoms with Gasteiger partial charge in [-0.2, -0.15) is 0 Å². The van der Waals surface area contributed by atoms with Crippen LogP contribution in [0.2, 0.25) is 0 Å². The van der Waals surface area contributed by atoms with Crippen molar-refractivity contribution in [1.29, 1.82) is 0 Å². The van der Waals surface area contributed by atoms with E-state index in [0.29, 0.717) is 6.54 Å². The van der Waals surface area contributed by atoms with Gasteiger partial charge in [0, 0.05) is 52.0 Å². The first-order valence-electron chi connectivity index (χ1n) is 12.0. The fraction of sp³-hybridized carbons (Fsp3) is 0.480. The van der Waals surface area contributed by atoms with E-state index in [-0.39, 0.29) is 24.0 Å². The van der Waals surface area contributed by atoms with E-state index in [1.165, 1.54) is 11.1 Å². The number of guanidine groups is 1. The van der Waals surface area contributed by atoms with Crippen molar-refractivity contribution in [2.45, 2.75) is 33.4 Å². The maximum Gasteiger partial charge on any atom is 0.191 e. The molecule has 0 atom stereocenters. The van der Waals surface area contributed by atoms with Crippen molar-refractivity contribution in [3.63, 3.8) is 0 Å². The van der Waals surface area contributed by atoms with Crippen LogP contribution in [0.3, 0.4) is 0 Å². The van der Waals surface area contributed by atoms with Crippen LogP contribution in [-0.2, 0) is 13.1 Å². The third kappa shape index (κ3) is 6.82. The quantitative estimate of drug-likeness (QED) is 0.186. The fourth-order valence-electron chi connectivity index (χ4n) is 4.20. The minimum atomic E-state index is 0. The Hall–Kier alpha value is -2.40. The highest BCUT2D eigenvalue weighted by molar-refractivity contribution is 14.0. The molecule has 0 saturated carbocycles. The van der Waals surface area contributed by atoms with Gasteiger partial charge in [-0.05, 0) is 57.1 Å². The topological polar surface area (TPSA) is 73.6 Å². The van der Waals surface area contributed by atoms with Crippen LogP contribution in [0.15, 0.2) is 47.6 Å². The third-order valence-electron chi connectivity index (χ3n) is 6.10. The largest absolute Gasteiger partial charge is 0.357 e. The first-order chi connectivity index (χ1) is 16.1. The van der Waals surface area contributed by atoms with E-state index < -0.39 is 0 Å². The maximum atomic E-state index is 4.80. The van der Waals surface area contributed by atoms with Crippen LogP contribution in [0.25, 0.3) is 11.0 Å². The van der Waals surface area contributed by atoms with Crippen molar-refractivity contribution in [3.8, 4) is 0 Å². The number of pyridine rings is 1. The lowest BCUT2D eigenvalue weighted by atomic mass is 10.2. The van der Waals surface area contributed by atoms with Gasteiger partial charge in [-0.15, -0.1) is 24.0 Å². The summed E-state index contributed by atoms with van der Waals surface area (Å²) in [6.07, 6.45) is 2.89. The van der Waals surface area contributed by atoms with Crippen LogP contribution >= 0.6 is 24.0 Å². The van der Waals surface area contributed by atoms with E-state index in [2.05, 4.69) is 86.2 Å². The smallest absolute Gasteiger partial charge is 0.191 e. The number of para-hydroxylation sites is 2. The maximum absolute atomic E-state index is 4.80.